The van der Waals surface area contributed by atoms with Crippen LogP contribution in [-0.2, 0) is 4.79 Å². The Morgan fingerprint density at radius 1 is 1.20 bits per heavy atom. The molecule has 0 radical (unpaired) electrons. The van der Waals surface area contributed by atoms with Crippen LogP contribution in [-0.4, -0.2) is 29.7 Å². The summed E-state index contributed by atoms with van der Waals surface area (Å²) in [5.74, 6) is -1.03. The van der Waals surface area contributed by atoms with Gasteiger partial charge in [0.15, 0.2) is 0 Å². The fourth-order valence-electron chi connectivity index (χ4n) is 1.96. The second-order valence-corrected chi connectivity index (χ2v) is 6.83. The molecule has 0 saturated heterocycles. The molecule has 0 aliphatic carbocycles. The van der Waals surface area contributed by atoms with Crippen molar-refractivity contribution < 1.29 is 14.7 Å². The van der Waals surface area contributed by atoms with Crippen LogP contribution < -0.4 is 10.6 Å². The fraction of sp³-hybridized carbons (Fsp3) is 0.867. The third kappa shape index (κ3) is 8.02. The maximum Gasteiger partial charge on any atom is 0.315 e. The third-order valence-corrected chi connectivity index (χ3v) is 3.57. The number of carboxylic acids is 1. The zero-order valence-corrected chi connectivity index (χ0v) is 13.6. The van der Waals surface area contributed by atoms with Gasteiger partial charge in [-0.2, -0.15) is 0 Å². The minimum absolute atomic E-state index is 0.0749. The zero-order chi connectivity index (χ0) is 15.9. The molecule has 3 atom stereocenters. The van der Waals surface area contributed by atoms with Crippen molar-refractivity contribution in [1.29, 1.82) is 0 Å². The number of carboxylic acid groups (broad SMARTS) is 1. The lowest BCUT2D eigenvalue weighted by atomic mass is 9.84. The van der Waals surface area contributed by atoms with Gasteiger partial charge >= 0.3 is 12.0 Å². The average molecular weight is 286 g/mol. The molecule has 0 saturated carbocycles. The van der Waals surface area contributed by atoms with Crippen LogP contribution in [0.3, 0.4) is 0 Å². The highest BCUT2D eigenvalue weighted by molar-refractivity contribution is 5.76. The Labute approximate surface area is 122 Å². The quantitative estimate of drug-likeness (QED) is 0.673. The molecule has 0 bridgehead atoms. The Bertz CT molecular complexity index is 324. The van der Waals surface area contributed by atoms with Crippen molar-refractivity contribution in [2.75, 3.05) is 6.54 Å². The lowest BCUT2D eigenvalue weighted by Gasteiger charge is -2.24. The highest BCUT2D eigenvalue weighted by Gasteiger charge is 2.25. The predicted octanol–water partition coefficient (Wildman–Crippen LogP) is 2.86. The molecule has 0 aromatic rings. The Kier molecular flexibility index (Phi) is 7.61. The summed E-state index contributed by atoms with van der Waals surface area (Å²) in [5.41, 5.74) is -0.0781. The van der Waals surface area contributed by atoms with E-state index in [0.717, 1.165) is 6.42 Å². The Balaban J connectivity index is 4.28. The number of hydrogen-bond donors (Lipinski definition) is 3. The second kappa shape index (κ2) is 8.12. The molecule has 0 aliphatic heterocycles. The molecular weight excluding hydrogens is 256 g/mol. The van der Waals surface area contributed by atoms with Gasteiger partial charge in [-0.25, -0.2) is 4.79 Å². The van der Waals surface area contributed by atoms with E-state index < -0.39 is 11.9 Å². The summed E-state index contributed by atoms with van der Waals surface area (Å²) in [4.78, 5) is 22.9. The van der Waals surface area contributed by atoms with Gasteiger partial charge in [-0.3, -0.25) is 4.79 Å². The molecule has 3 N–H and O–H groups in total. The smallest absolute Gasteiger partial charge is 0.315 e. The van der Waals surface area contributed by atoms with Crippen molar-refractivity contribution in [3.05, 3.63) is 0 Å². The first-order chi connectivity index (χ1) is 9.06. The van der Waals surface area contributed by atoms with Crippen LogP contribution in [0.5, 0.6) is 0 Å². The fourth-order valence-corrected chi connectivity index (χ4v) is 1.96. The molecular formula is C15H30N2O3. The molecule has 5 heteroatoms. The van der Waals surface area contributed by atoms with Gasteiger partial charge < -0.3 is 15.7 Å². The highest BCUT2D eigenvalue weighted by atomic mass is 16.4. The lowest BCUT2D eigenvalue weighted by Crippen LogP contribution is -2.45. The molecule has 3 unspecified atom stereocenters. The topological polar surface area (TPSA) is 78.4 Å². The Morgan fingerprint density at radius 2 is 1.75 bits per heavy atom. The second-order valence-electron chi connectivity index (χ2n) is 6.83. The maximum atomic E-state index is 11.8. The van der Waals surface area contributed by atoms with Gasteiger partial charge in [0.1, 0.15) is 0 Å². The first-order valence-corrected chi connectivity index (χ1v) is 7.34. The van der Waals surface area contributed by atoms with Crippen molar-refractivity contribution >= 4 is 12.0 Å². The van der Waals surface area contributed by atoms with Crippen molar-refractivity contribution in [3.8, 4) is 0 Å². The van der Waals surface area contributed by atoms with Crippen LogP contribution in [0, 0.1) is 17.3 Å². The molecule has 0 rings (SSSR count). The molecule has 0 heterocycles. The number of rotatable bonds is 7. The maximum absolute atomic E-state index is 11.8. The number of aliphatic carboxylic acids is 1. The summed E-state index contributed by atoms with van der Waals surface area (Å²) in [6.07, 6.45) is 1.52. The van der Waals surface area contributed by atoms with E-state index >= 15 is 0 Å². The summed E-state index contributed by atoms with van der Waals surface area (Å²) < 4.78 is 0. The van der Waals surface area contributed by atoms with Gasteiger partial charge in [-0.05, 0) is 24.7 Å². The van der Waals surface area contributed by atoms with E-state index in [9.17, 15) is 14.7 Å². The summed E-state index contributed by atoms with van der Waals surface area (Å²) in [6, 6.07) is -0.219. The number of nitrogens with one attached hydrogen (secondary N) is 2. The molecule has 118 valence electrons. The van der Waals surface area contributed by atoms with Crippen LogP contribution in [0.4, 0.5) is 4.79 Å². The van der Waals surface area contributed by atoms with E-state index in [1.54, 1.807) is 0 Å². The molecule has 0 aromatic heterocycles. The minimum atomic E-state index is -0.866. The third-order valence-electron chi connectivity index (χ3n) is 3.57. The standard InChI is InChI=1S/C15H30N2O3/c1-7-10(2)11(3)17-14(20)16-9-12(13(18)19)8-15(4,5)6/h10-12H,7-9H2,1-6H3,(H,18,19)(H2,16,17,20). The minimum Gasteiger partial charge on any atom is -0.481 e. The van der Waals surface area contributed by atoms with Gasteiger partial charge in [0.25, 0.3) is 0 Å². The molecule has 0 aliphatic rings. The first kappa shape index (κ1) is 18.7. The van der Waals surface area contributed by atoms with Crippen LogP contribution in [0.1, 0.15) is 54.4 Å². The monoisotopic (exact) mass is 286 g/mol. The number of carbonyl (C=O) groups is 2. The molecule has 2 amide bonds. The predicted molar refractivity (Wildman–Crippen MR) is 80.6 cm³/mol. The van der Waals surface area contributed by atoms with Crippen LogP contribution in [0.25, 0.3) is 0 Å². The summed E-state index contributed by atoms with van der Waals surface area (Å²) in [5, 5.41) is 14.7. The molecule has 0 fully saturated rings. The molecule has 0 spiro atoms. The Hall–Kier alpha value is -1.26. The van der Waals surface area contributed by atoms with Gasteiger partial charge in [0, 0.05) is 12.6 Å². The number of hydrogen-bond acceptors (Lipinski definition) is 2. The van der Waals surface area contributed by atoms with E-state index in [1.807, 2.05) is 27.7 Å². The van der Waals surface area contributed by atoms with Crippen molar-refractivity contribution in [3.63, 3.8) is 0 Å². The van der Waals surface area contributed by atoms with E-state index in [2.05, 4.69) is 24.5 Å². The normalized spacial score (nSPS) is 16.1. The average Bonchev–Trinajstić information content (AvgIpc) is 2.31. The molecule has 20 heavy (non-hydrogen) atoms. The van der Waals surface area contributed by atoms with E-state index in [1.165, 1.54) is 0 Å². The zero-order valence-electron chi connectivity index (χ0n) is 13.6. The van der Waals surface area contributed by atoms with Crippen molar-refractivity contribution in [1.82, 2.24) is 10.6 Å². The van der Waals surface area contributed by atoms with Gasteiger partial charge in [0.05, 0.1) is 5.92 Å². The Morgan fingerprint density at radius 3 is 2.15 bits per heavy atom. The summed E-state index contributed by atoms with van der Waals surface area (Å²) in [7, 11) is 0. The molecule has 5 nitrogen and oxygen atoms in total. The highest BCUT2D eigenvalue weighted by Crippen LogP contribution is 2.24. The van der Waals surface area contributed by atoms with E-state index in [4.69, 9.17) is 0 Å². The largest absolute Gasteiger partial charge is 0.481 e. The van der Waals surface area contributed by atoms with E-state index in [-0.39, 0.29) is 24.0 Å². The van der Waals surface area contributed by atoms with Crippen LogP contribution in [0.15, 0.2) is 0 Å². The first-order valence-electron chi connectivity index (χ1n) is 7.34. The van der Waals surface area contributed by atoms with Crippen LogP contribution >= 0.6 is 0 Å². The SMILES string of the molecule is CCC(C)C(C)NC(=O)NCC(CC(C)(C)C)C(=O)O. The number of carbonyl (C=O) groups excluding carboxylic acids is 1. The summed E-state index contributed by atoms with van der Waals surface area (Å²) in [6.45, 7) is 12.2. The number of urea groups is 1. The van der Waals surface area contributed by atoms with Gasteiger partial charge in [0.2, 0.25) is 0 Å². The van der Waals surface area contributed by atoms with Crippen molar-refractivity contribution in [2.24, 2.45) is 17.3 Å². The van der Waals surface area contributed by atoms with Gasteiger partial charge in [-0.1, -0.05) is 41.0 Å². The molecule has 0 aromatic carbocycles. The summed E-state index contributed by atoms with van der Waals surface area (Å²) >= 11 is 0. The van der Waals surface area contributed by atoms with Crippen LogP contribution in [0.2, 0.25) is 0 Å². The lowest BCUT2D eigenvalue weighted by molar-refractivity contribution is -0.142. The van der Waals surface area contributed by atoms with E-state index in [0.29, 0.717) is 12.3 Å². The van der Waals surface area contributed by atoms with Crippen molar-refractivity contribution in [2.45, 2.75) is 60.4 Å². The van der Waals surface area contributed by atoms with Gasteiger partial charge in [-0.15, -0.1) is 0 Å². The number of amides is 2.